The van der Waals surface area contributed by atoms with Gasteiger partial charge in [-0.3, -0.25) is 19.4 Å². The van der Waals surface area contributed by atoms with Crippen LogP contribution < -0.4 is 15.4 Å². The quantitative estimate of drug-likeness (QED) is 0.310. The minimum Gasteiger partial charge on any atom is -0.332 e. The van der Waals surface area contributed by atoms with Crippen molar-refractivity contribution >= 4 is 45.1 Å². The number of rotatable bonds is 7. The molecule has 0 radical (unpaired) electrons. The molecule has 0 unspecified atom stereocenters. The molecule has 8 heteroatoms. The van der Waals surface area contributed by atoms with E-state index in [9.17, 15) is 14.4 Å². The van der Waals surface area contributed by atoms with Crippen LogP contribution in [0.25, 0.3) is 21.7 Å². The van der Waals surface area contributed by atoms with Crippen LogP contribution in [0, 0.1) is 0 Å². The van der Waals surface area contributed by atoms with E-state index in [4.69, 9.17) is 0 Å². The first-order chi connectivity index (χ1) is 20.4. The number of benzene rings is 4. The topological polar surface area (TPSA) is 89.6 Å². The number of fused-ring (bicyclic) bond motifs is 2. The smallest absolute Gasteiger partial charge is 0.260 e. The van der Waals surface area contributed by atoms with Crippen molar-refractivity contribution in [2.45, 2.75) is 31.3 Å². The minimum atomic E-state index is -0.741. The van der Waals surface area contributed by atoms with E-state index in [1.807, 2.05) is 65.6 Å². The van der Waals surface area contributed by atoms with Crippen molar-refractivity contribution in [2.24, 2.45) is 0 Å². The first-order valence-electron chi connectivity index (χ1n) is 14.2. The molecule has 1 fully saturated rings. The Morgan fingerprint density at radius 1 is 0.929 bits per heavy atom. The molecule has 6 rings (SSSR count). The third kappa shape index (κ3) is 5.23. The third-order valence-electron chi connectivity index (χ3n) is 8.23. The van der Waals surface area contributed by atoms with Gasteiger partial charge in [0.2, 0.25) is 17.8 Å². The van der Waals surface area contributed by atoms with Gasteiger partial charge in [0.25, 0.3) is 5.56 Å². The van der Waals surface area contributed by atoms with Gasteiger partial charge in [0.1, 0.15) is 12.1 Å². The predicted octanol–water partition coefficient (Wildman–Crippen LogP) is 4.78. The number of hydrogen-bond acceptors (Lipinski definition) is 5. The first-order valence-corrected chi connectivity index (χ1v) is 14.2. The molecule has 4 aromatic carbocycles. The fourth-order valence-electron chi connectivity index (χ4n) is 5.86. The van der Waals surface area contributed by atoms with Crippen molar-refractivity contribution in [3.63, 3.8) is 0 Å². The number of para-hydroxylation sites is 2. The molecule has 0 bridgehead atoms. The molecule has 212 valence electrons. The van der Waals surface area contributed by atoms with Crippen LogP contribution in [0.4, 0.5) is 11.6 Å². The van der Waals surface area contributed by atoms with Crippen LogP contribution in [0.5, 0.6) is 0 Å². The normalized spacial score (nSPS) is 15.6. The zero-order valence-corrected chi connectivity index (χ0v) is 23.7. The Morgan fingerprint density at radius 2 is 1.64 bits per heavy atom. The average molecular weight is 560 g/mol. The summed E-state index contributed by atoms with van der Waals surface area (Å²) < 4.78 is 0. The Morgan fingerprint density at radius 3 is 2.45 bits per heavy atom. The zero-order chi connectivity index (χ0) is 29.2. The van der Waals surface area contributed by atoms with Crippen LogP contribution in [0.15, 0.2) is 102 Å². The number of aromatic amines is 1. The second-order valence-corrected chi connectivity index (χ2v) is 10.8. The number of anilines is 2. The molecule has 5 aromatic rings. The maximum absolute atomic E-state index is 14.2. The van der Waals surface area contributed by atoms with Gasteiger partial charge in [-0.1, -0.05) is 72.8 Å². The molecule has 2 amide bonds. The van der Waals surface area contributed by atoms with E-state index in [1.54, 1.807) is 42.1 Å². The number of carbonyl (C=O) groups excluding carboxylic acids is 2. The number of H-pyrrole nitrogens is 1. The van der Waals surface area contributed by atoms with Crippen molar-refractivity contribution in [3.05, 3.63) is 113 Å². The fourth-order valence-corrected chi connectivity index (χ4v) is 5.86. The van der Waals surface area contributed by atoms with Crippen LogP contribution in [0.1, 0.15) is 18.4 Å². The van der Waals surface area contributed by atoms with Crippen LogP contribution in [-0.4, -0.2) is 59.4 Å². The summed E-state index contributed by atoms with van der Waals surface area (Å²) in [5.74, 6) is 0.0256. The summed E-state index contributed by atoms with van der Waals surface area (Å²) in [7, 11) is 3.45. The minimum absolute atomic E-state index is 0.174. The summed E-state index contributed by atoms with van der Waals surface area (Å²) in [4.78, 5) is 53.7. The van der Waals surface area contributed by atoms with E-state index in [0.29, 0.717) is 36.2 Å². The Balaban J connectivity index is 1.32. The molecular weight excluding hydrogens is 526 g/mol. The highest BCUT2D eigenvalue weighted by atomic mass is 16.2. The van der Waals surface area contributed by atoms with Gasteiger partial charge in [-0.05, 0) is 53.4 Å². The number of nitrogens with one attached hydrogen (secondary N) is 1. The predicted molar refractivity (Wildman–Crippen MR) is 167 cm³/mol. The molecule has 0 saturated carbocycles. The van der Waals surface area contributed by atoms with E-state index < -0.39 is 12.1 Å². The largest absolute Gasteiger partial charge is 0.332 e. The monoisotopic (exact) mass is 559 g/mol. The Labute approximate surface area is 244 Å². The summed E-state index contributed by atoms with van der Waals surface area (Å²) >= 11 is 0. The van der Waals surface area contributed by atoms with E-state index in [2.05, 4.69) is 28.2 Å². The lowest BCUT2D eigenvalue weighted by atomic mass is 9.99. The van der Waals surface area contributed by atoms with Gasteiger partial charge in [-0.2, -0.15) is 0 Å². The number of hydrogen-bond donors (Lipinski definition) is 1. The lowest BCUT2D eigenvalue weighted by Gasteiger charge is -2.34. The second kappa shape index (κ2) is 11.5. The van der Waals surface area contributed by atoms with Gasteiger partial charge >= 0.3 is 0 Å². The number of carbonyl (C=O) groups is 2. The average Bonchev–Trinajstić information content (AvgIpc) is 3.53. The number of likely N-dealkylation sites (N-methyl/N-ethyl adjacent to an activating group) is 2. The van der Waals surface area contributed by atoms with Crippen molar-refractivity contribution in [1.29, 1.82) is 0 Å². The Hall–Kier alpha value is -4.98. The van der Waals surface area contributed by atoms with Crippen LogP contribution in [0.2, 0.25) is 0 Å². The summed E-state index contributed by atoms with van der Waals surface area (Å²) in [5, 5.41) is 2.71. The number of nitrogens with zero attached hydrogens (tertiary/aromatic N) is 4. The lowest BCUT2D eigenvalue weighted by molar-refractivity contribution is -0.138. The second-order valence-electron chi connectivity index (χ2n) is 10.8. The van der Waals surface area contributed by atoms with E-state index in [0.717, 1.165) is 28.4 Å². The molecular formula is C34H33N5O3. The standard InChI is InChI=1S/C34H33N5O3/c1-37(26-13-4-3-5-14-26)33(42)30(22-23-18-19-24-11-6-7-12-25(24)21-23)38(2)32(41)29-17-10-20-39(29)34-35-28-16-9-8-15-27(28)31(40)36-34/h3-9,11-16,18-19,21,29-30H,10,17,20,22H2,1-2H3,(H,35,36,40)/t29-,30-/m0/s1. The highest BCUT2D eigenvalue weighted by Crippen LogP contribution is 2.27. The molecule has 2 atom stereocenters. The molecule has 0 aliphatic carbocycles. The van der Waals surface area contributed by atoms with Crippen LogP contribution >= 0.6 is 0 Å². The summed E-state index contributed by atoms with van der Waals surface area (Å²) in [6.07, 6.45) is 1.74. The maximum atomic E-state index is 14.2. The lowest BCUT2D eigenvalue weighted by Crippen LogP contribution is -2.54. The van der Waals surface area contributed by atoms with Crippen molar-refractivity contribution < 1.29 is 9.59 Å². The molecule has 1 aromatic heterocycles. The van der Waals surface area contributed by atoms with Crippen LogP contribution in [0.3, 0.4) is 0 Å². The third-order valence-corrected chi connectivity index (χ3v) is 8.23. The van der Waals surface area contributed by atoms with Crippen molar-refractivity contribution in [3.8, 4) is 0 Å². The number of amides is 2. The highest BCUT2D eigenvalue weighted by Gasteiger charge is 2.39. The summed E-state index contributed by atoms with van der Waals surface area (Å²) in [6, 6.07) is 29.6. The summed E-state index contributed by atoms with van der Waals surface area (Å²) in [5.41, 5.74) is 2.07. The van der Waals surface area contributed by atoms with Gasteiger partial charge in [-0.15, -0.1) is 0 Å². The molecule has 1 aliphatic rings. The van der Waals surface area contributed by atoms with Gasteiger partial charge in [0, 0.05) is 32.7 Å². The van der Waals surface area contributed by atoms with Crippen molar-refractivity contribution in [2.75, 3.05) is 30.4 Å². The fraction of sp³-hybridized carbons (Fsp3) is 0.235. The molecule has 1 aliphatic heterocycles. The van der Waals surface area contributed by atoms with Gasteiger partial charge in [0.15, 0.2) is 0 Å². The van der Waals surface area contributed by atoms with Crippen LogP contribution in [-0.2, 0) is 16.0 Å². The van der Waals surface area contributed by atoms with E-state index in [-0.39, 0.29) is 17.4 Å². The summed E-state index contributed by atoms with van der Waals surface area (Å²) in [6.45, 7) is 0.582. The first kappa shape index (κ1) is 27.2. The Bertz CT molecular complexity index is 1820. The molecule has 1 N–H and O–H groups in total. The molecule has 8 nitrogen and oxygen atoms in total. The highest BCUT2D eigenvalue weighted by molar-refractivity contribution is 6.00. The molecule has 1 saturated heterocycles. The molecule has 42 heavy (non-hydrogen) atoms. The molecule has 0 spiro atoms. The van der Waals surface area contributed by atoms with Gasteiger partial charge < -0.3 is 14.7 Å². The number of aromatic nitrogens is 2. The van der Waals surface area contributed by atoms with Crippen molar-refractivity contribution in [1.82, 2.24) is 14.9 Å². The SMILES string of the molecule is CN(C(=O)[C@H](Cc1ccc2ccccc2c1)N(C)C(=O)[C@@H]1CCCN1c1nc2ccccc2c(=O)[nH]1)c1ccccc1. The van der Waals surface area contributed by atoms with E-state index >= 15 is 0 Å². The maximum Gasteiger partial charge on any atom is 0.260 e. The van der Waals surface area contributed by atoms with E-state index in [1.165, 1.54) is 0 Å². The van der Waals surface area contributed by atoms with Gasteiger partial charge in [-0.25, -0.2) is 4.98 Å². The Kier molecular flexibility index (Phi) is 7.44. The zero-order valence-electron chi connectivity index (χ0n) is 23.7. The van der Waals surface area contributed by atoms with Gasteiger partial charge in [0.05, 0.1) is 10.9 Å². The molecule has 2 heterocycles.